The molecule has 1 aromatic carbocycles. The fourth-order valence-electron chi connectivity index (χ4n) is 1.95. The molecular weight excluding hydrogens is 296 g/mol. The SMILES string of the molecule is CCc1cc(Cl)ccc1OCC(=O)N1NC(=O)CCC1=O. The largest absolute Gasteiger partial charge is 0.483 e. The van der Waals surface area contributed by atoms with Gasteiger partial charge in [0.15, 0.2) is 6.61 Å². The van der Waals surface area contributed by atoms with Crippen molar-refractivity contribution in [3.63, 3.8) is 0 Å². The van der Waals surface area contributed by atoms with E-state index in [4.69, 9.17) is 16.3 Å². The maximum atomic E-state index is 11.9. The minimum Gasteiger partial charge on any atom is -0.483 e. The highest BCUT2D eigenvalue weighted by Gasteiger charge is 2.28. The van der Waals surface area contributed by atoms with E-state index in [1.54, 1.807) is 18.2 Å². The number of aryl methyl sites for hydroxylation is 1. The number of rotatable bonds is 4. The molecule has 112 valence electrons. The number of benzene rings is 1. The lowest BCUT2D eigenvalue weighted by atomic mass is 10.1. The fourth-order valence-corrected chi connectivity index (χ4v) is 2.14. The lowest BCUT2D eigenvalue weighted by Crippen LogP contribution is -2.54. The minimum atomic E-state index is -0.606. The molecule has 1 heterocycles. The molecule has 1 aliphatic heterocycles. The molecule has 1 aromatic rings. The summed E-state index contributed by atoms with van der Waals surface area (Å²) < 4.78 is 5.43. The Morgan fingerprint density at radius 1 is 1.38 bits per heavy atom. The van der Waals surface area contributed by atoms with Crippen LogP contribution in [-0.4, -0.2) is 29.3 Å². The molecule has 1 fully saturated rings. The van der Waals surface area contributed by atoms with Crippen molar-refractivity contribution in [3.8, 4) is 5.75 Å². The van der Waals surface area contributed by atoms with E-state index in [1.165, 1.54) is 0 Å². The topological polar surface area (TPSA) is 75.7 Å². The number of amides is 3. The molecule has 7 heteroatoms. The number of carbonyl (C=O) groups excluding carboxylic acids is 3. The second-order valence-electron chi connectivity index (χ2n) is 4.55. The van der Waals surface area contributed by atoms with E-state index in [1.807, 2.05) is 6.92 Å². The van der Waals surface area contributed by atoms with E-state index >= 15 is 0 Å². The van der Waals surface area contributed by atoms with E-state index in [2.05, 4.69) is 5.43 Å². The number of hydrazine groups is 1. The van der Waals surface area contributed by atoms with Crippen LogP contribution in [0.2, 0.25) is 5.02 Å². The van der Waals surface area contributed by atoms with E-state index in [9.17, 15) is 14.4 Å². The van der Waals surface area contributed by atoms with Crippen molar-refractivity contribution < 1.29 is 19.1 Å². The molecule has 0 saturated carbocycles. The van der Waals surface area contributed by atoms with Crippen LogP contribution in [0.3, 0.4) is 0 Å². The molecule has 2 rings (SSSR count). The zero-order valence-electron chi connectivity index (χ0n) is 11.5. The van der Waals surface area contributed by atoms with E-state index < -0.39 is 11.8 Å². The maximum absolute atomic E-state index is 11.9. The molecule has 0 spiro atoms. The molecule has 6 nitrogen and oxygen atoms in total. The van der Waals surface area contributed by atoms with Crippen molar-refractivity contribution in [3.05, 3.63) is 28.8 Å². The summed E-state index contributed by atoms with van der Waals surface area (Å²) in [6, 6.07) is 5.09. The van der Waals surface area contributed by atoms with E-state index in [0.29, 0.717) is 22.2 Å². The Morgan fingerprint density at radius 3 is 2.86 bits per heavy atom. The monoisotopic (exact) mass is 310 g/mol. The number of carbonyl (C=O) groups is 3. The highest BCUT2D eigenvalue weighted by atomic mass is 35.5. The molecule has 0 unspecified atom stereocenters. The Bertz CT molecular complexity index is 588. The first-order valence-electron chi connectivity index (χ1n) is 6.57. The molecule has 0 aromatic heterocycles. The van der Waals surface area contributed by atoms with Crippen LogP contribution in [0.4, 0.5) is 0 Å². The lowest BCUT2D eigenvalue weighted by Gasteiger charge is -2.25. The van der Waals surface area contributed by atoms with Crippen LogP contribution < -0.4 is 10.2 Å². The molecule has 1 N–H and O–H groups in total. The second kappa shape index (κ2) is 6.58. The van der Waals surface area contributed by atoms with Crippen LogP contribution in [0.5, 0.6) is 5.75 Å². The van der Waals surface area contributed by atoms with Gasteiger partial charge in [0, 0.05) is 17.9 Å². The highest BCUT2D eigenvalue weighted by Crippen LogP contribution is 2.23. The Labute approximate surface area is 127 Å². The van der Waals surface area contributed by atoms with Gasteiger partial charge in [-0.2, -0.15) is 5.01 Å². The van der Waals surface area contributed by atoms with Gasteiger partial charge in [0.2, 0.25) is 11.8 Å². The number of nitrogens with zero attached hydrogens (tertiary/aromatic N) is 1. The van der Waals surface area contributed by atoms with Gasteiger partial charge in [0.1, 0.15) is 5.75 Å². The maximum Gasteiger partial charge on any atom is 0.286 e. The average Bonchev–Trinajstić information content (AvgIpc) is 2.48. The Kier molecular flexibility index (Phi) is 4.80. The Hall–Kier alpha value is -2.08. The lowest BCUT2D eigenvalue weighted by molar-refractivity contribution is -0.158. The van der Waals surface area contributed by atoms with E-state index in [0.717, 1.165) is 5.56 Å². The van der Waals surface area contributed by atoms with Gasteiger partial charge in [-0.3, -0.25) is 19.8 Å². The molecule has 21 heavy (non-hydrogen) atoms. The first-order valence-corrected chi connectivity index (χ1v) is 6.95. The number of nitrogens with one attached hydrogen (secondary N) is 1. The van der Waals surface area contributed by atoms with Crippen LogP contribution in [0.1, 0.15) is 25.3 Å². The number of ether oxygens (including phenoxy) is 1. The third-order valence-electron chi connectivity index (χ3n) is 3.06. The molecule has 1 aliphatic rings. The Morgan fingerprint density at radius 2 is 2.14 bits per heavy atom. The third-order valence-corrected chi connectivity index (χ3v) is 3.29. The van der Waals surface area contributed by atoms with Crippen LogP contribution in [-0.2, 0) is 20.8 Å². The molecule has 3 amide bonds. The van der Waals surface area contributed by atoms with Crippen LogP contribution >= 0.6 is 11.6 Å². The Balaban J connectivity index is 2.01. The van der Waals surface area contributed by atoms with Crippen molar-refractivity contribution in [1.29, 1.82) is 0 Å². The predicted molar refractivity (Wildman–Crippen MR) is 75.6 cm³/mol. The molecular formula is C14H15ClN2O4. The summed E-state index contributed by atoms with van der Waals surface area (Å²) in [4.78, 5) is 34.7. The number of imide groups is 1. The van der Waals surface area contributed by atoms with E-state index in [-0.39, 0.29) is 25.4 Å². The van der Waals surface area contributed by atoms with Gasteiger partial charge in [0.25, 0.3) is 5.91 Å². The summed E-state index contributed by atoms with van der Waals surface area (Å²) >= 11 is 5.89. The van der Waals surface area contributed by atoms with Gasteiger partial charge in [-0.05, 0) is 30.2 Å². The average molecular weight is 311 g/mol. The van der Waals surface area contributed by atoms with Gasteiger partial charge in [-0.1, -0.05) is 18.5 Å². The molecule has 0 bridgehead atoms. The van der Waals surface area contributed by atoms with Gasteiger partial charge in [0.05, 0.1) is 0 Å². The quantitative estimate of drug-likeness (QED) is 0.913. The summed E-state index contributed by atoms with van der Waals surface area (Å²) in [6.45, 7) is 1.61. The first kappa shape index (κ1) is 15.3. The normalized spacial score (nSPS) is 14.9. The summed E-state index contributed by atoms with van der Waals surface area (Å²) in [7, 11) is 0. The summed E-state index contributed by atoms with van der Waals surface area (Å²) in [5.74, 6) is -0.866. The van der Waals surface area contributed by atoms with Gasteiger partial charge in [-0.25, -0.2) is 0 Å². The fraction of sp³-hybridized carbons (Fsp3) is 0.357. The molecule has 0 aliphatic carbocycles. The molecule has 0 radical (unpaired) electrons. The third kappa shape index (κ3) is 3.72. The van der Waals surface area contributed by atoms with Crippen molar-refractivity contribution in [1.82, 2.24) is 10.4 Å². The number of hydrogen-bond donors (Lipinski definition) is 1. The first-order chi connectivity index (χ1) is 10.0. The predicted octanol–water partition coefficient (Wildman–Crippen LogP) is 1.46. The zero-order valence-corrected chi connectivity index (χ0v) is 12.3. The highest BCUT2D eigenvalue weighted by molar-refractivity contribution is 6.30. The summed E-state index contributed by atoms with van der Waals surface area (Å²) in [5, 5.41) is 1.30. The standard InChI is InChI=1S/C14H15ClN2O4/c1-2-9-7-10(15)3-4-11(9)21-8-14(20)17-13(19)6-5-12(18)16-17/h3-4,7H,2,5-6,8H2,1H3,(H,16,18). The van der Waals surface area contributed by atoms with Crippen molar-refractivity contribution in [2.75, 3.05) is 6.61 Å². The number of halogens is 1. The van der Waals surface area contributed by atoms with Gasteiger partial charge >= 0.3 is 0 Å². The van der Waals surface area contributed by atoms with Crippen LogP contribution in [0.15, 0.2) is 18.2 Å². The van der Waals surface area contributed by atoms with Crippen LogP contribution in [0.25, 0.3) is 0 Å². The van der Waals surface area contributed by atoms with Crippen molar-refractivity contribution >= 4 is 29.3 Å². The molecule has 1 saturated heterocycles. The second-order valence-corrected chi connectivity index (χ2v) is 4.99. The minimum absolute atomic E-state index is 0.0265. The van der Waals surface area contributed by atoms with Crippen LogP contribution in [0, 0.1) is 0 Å². The summed E-state index contributed by atoms with van der Waals surface area (Å²) in [5.41, 5.74) is 3.10. The van der Waals surface area contributed by atoms with Crippen molar-refractivity contribution in [2.24, 2.45) is 0 Å². The summed E-state index contributed by atoms with van der Waals surface area (Å²) in [6.07, 6.45) is 0.822. The van der Waals surface area contributed by atoms with Gasteiger partial charge in [-0.15, -0.1) is 0 Å². The zero-order chi connectivity index (χ0) is 15.4. The molecule has 0 atom stereocenters. The smallest absolute Gasteiger partial charge is 0.286 e. The number of hydrogen-bond acceptors (Lipinski definition) is 4. The van der Waals surface area contributed by atoms with Crippen molar-refractivity contribution in [2.45, 2.75) is 26.2 Å². The van der Waals surface area contributed by atoms with Gasteiger partial charge < -0.3 is 4.74 Å².